The van der Waals surface area contributed by atoms with Gasteiger partial charge in [0.25, 0.3) is 0 Å². The number of aryl methyl sites for hydroxylation is 1. The van der Waals surface area contributed by atoms with Crippen molar-refractivity contribution in [2.24, 2.45) is 0 Å². The fraction of sp³-hybridized carbons (Fsp3) is 0.667. The molecule has 0 fully saturated rings. The highest BCUT2D eigenvalue weighted by Gasteiger charge is 2.15. The van der Waals surface area contributed by atoms with Gasteiger partial charge in [-0.2, -0.15) is 0 Å². The van der Waals surface area contributed by atoms with Gasteiger partial charge in [-0.1, -0.05) is 0 Å². The van der Waals surface area contributed by atoms with E-state index in [1.54, 1.807) is 7.11 Å². The van der Waals surface area contributed by atoms with Gasteiger partial charge in [0.05, 0.1) is 5.69 Å². The molecule has 17 heavy (non-hydrogen) atoms. The van der Waals surface area contributed by atoms with Crippen LogP contribution < -0.4 is 10.6 Å². The van der Waals surface area contributed by atoms with E-state index in [1.807, 2.05) is 6.92 Å². The van der Waals surface area contributed by atoms with Crippen LogP contribution in [0.4, 0.5) is 5.82 Å². The van der Waals surface area contributed by atoms with Gasteiger partial charge in [-0.05, 0) is 13.3 Å². The van der Waals surface area contributed by atoms with Crippen molar-refractivity contribution < 1.29 is 4.74 Å². The molecule has 5 heteroatoms. The first kappa shape index (κ1) is 12.3. The number of hydrogen-bond acceptors (Lipinski definition) is 5. The third-order valence-electron chi connectivity index (χ3n) is 2.86. The zero-order chi connectivity index (χ0) is 12.1. The summed E-state index contributed by atoms with van der Waals surface area (Å²) in [6.45, 7) is 5.48. The Morgan fingerprint density at radius 1 is 1.41 bits per heavy atom. The van der Waals surface area contributed by atoms with Crippen LogP contribution in [-0.4, -0.2) is 36.8 Å². The van der Waals surface area contributed by atoms with E-state index in [-0.39, 0.29) is 0 Å². The van der Waals surface area contributed by atoms with E-state index in [0.717, 1.165) is 50.7 Å². The highest BCUT2D eigenvalue weighted by molar-refractivity contribution is 5.47. The number of nitrogens with one attached hydrogen (secondary N) is 2. The topological polar surface area (TPSA) is 59.1 Å². The van der Waals surface area contributed by atoms with Crippen molar-refractivity contribution in [3.63, 3.8) is 0 Å². The number of hydrogen-bond donors (Lipinski definition) is 2. The third kappa shape index (κ3) is 3.14. The maximum Gasteiger partial charge on any atom is 0.134 e. The van der Waals surface area contributed by atoms with Crippen LogP contribution in [0.1, 0.15) is 23.5 Å². The molecule has 1 aromatic rings. The molecule has 1 aromatic heterocycles. The molecule has 0 atom stereocenters. The van der Waals surface area contributed by atoms with Crippen molar-refractivity contribution in [1.29, 1.82) is 0 Å². The zero-order valence-corrected chi connectivity index (χ0v) is 10.5. The second kappa shape index (κ2) is 5.93. The molecule has 5 nitrogen and oxygen atoms in total. The molecule has 2 heterocycles. The van der Waals surface area contributed by atoms with E-state index < -0.39 is 0 Å². The summed E-state index contributed by atoms with van der Waals surface area (Å²) in [7, 11) is 1.72. The van der Waals surface area contributed by atoms with Gasteiger partial charge in [0.15, 0.2) is 0 Å². The van der Waals surface area contributed by atoms with Gasteiger partial charge in [-0.3, -0.25) is 0 Å². The van der Waals surface area contributed by atoms with Crippen LogP contribution in [-0.2, 0) is 17.7 Å². The average Bonchev–Trinajstić information content (AvgIpc) is 2.34. The van der Waals surface area contributed by atoms with Crippen molar-refractivity contribution in [2.75, 3.05) is 32.1 Å². The lowest BCUT2D eigenvalue weighted by Gasteiger charge is -2.20. The van der Waals surface area contributed by atoms with Crippen LogP contribution in [0, 0.1) is 6.92 Å². The molecule has 0 saturated carbocycles. The smallest absolute Gasteiger partial charge is 0.134 e. The minimum atomic E-state index is 0.775. The number of anilines is 1. The molecule has 1 aliphatic heterocycles. The largest absolute Gasteiger partial charge is 0.385 e. The molecular formula is C12H20N4O. The Hall–Kier alpha value is -1.20. The normalized spacial score (nSPS) is 14.5. The van der Waals surface area contributed by atoms with Crippen LogP contribution in [0.15, 0.2) is 0 Å². The van der Waals surface area contributed by atoms with Gasteiger partial charge in [0, 0.05) is 45.3 Å². The van der Waals surface area contributed by atoms with Crippen molar-refractivity contribution >= 4 is 5.82 Å². The van der Waals surface area contributed by atoms with Gasteiger partial charge < -0.3 is 15.4 Å². The summed E-state index contributed by atoms with van der Waals surface area (Å²) in [5.41, 5.74) is 2.41. The molecule has 0 radical (unpaired) electrons. The summed E-state index contributed by atoms with van der Waals surface area (Å²) in [5, 5.41) is 6.74. The summed E-state index contributed by atoms with van der Waals surface area (Å²) in [6.07, 6.45) is 1.98. The molecule has 2 N–H and O–H groups in total. The van der Waals surface area contributed by atoms with Gasteiger partial charge in [0.2, 0.25) is 0 Å². The quantitative estimate of drug-likeness (QED) is 0.743. The van der Waals surface area contributed by atoms with E-state index >= 15 is 0 Å². The van der Waals surface area contributed by atoms with Crippen LogP contribution in [0.2, 0.25) is 0 Å². The first-order chi connectivity index (χ1) is 8.31. The summed E-state index contributed by atoms with van der Waals surface area (Å²) in [4.78, 5) is 8.98. The van der Waals surface area contributed by atoms with Gasteiger partial charge in [-0.15, -0.1) is 0 Å². The Morgan fingerprint density at radius 3 is 3.12 bits per heavy atom. The average molecular weight is 236 g/mol. The van der Waals surface area contributed by atoms with Crippen LogP contribution in [0.25, 0.3) is 0 Å². The van der Waals surface area contributed by atoms with Gasteiger partial charge in [-0.25, -0.2) is 9.97 Å². The molecule has 0 spiro atoms. The Bertz CT molecular complexity index is 381. The minimum Gasteiger partial charge on any atom is -0.385 e. The molecule has 0 unspecified atom stereocenters. The SMILES string of the molecule is COCCCNc1nc(C)nc2c1CNCC2. The van der Waals surface area contributed by atoms with E-state index in [1.165, 1.54) is 11.3 Å². The Kier molecular flexibility index (Phi) is 4.28. The predicted molar refractivity (Wildman–Crippen MR) is 67.2 cm³/mol. The van der Waals surface area contributed by atoms with Crippen molar-refractivity contribution in [1.82, 2.24) is 15.3 Å². The molecule has 0 amide bonds. The summed E-state index contributed by atoms with van der Waals surface area (Å²) < 4.78 is 5.03. The van der Waals surface area contributed by atoms with E-state index in [9.17, 15) is 0 Å². The Balaban J connectivity index is 2.07. The summed E-state index contributed by atoms with van der Waals surface area (Å²) >= 11 is 0. The van der Waals surface area contributed by atoms with E-state index in [4.69, 9.17) is 4.74 Å². The number of aromatic nitrogens is 2. The number of nitrogens with zero attached hydrogens (tertiary/aromatic N) is 2. The molecule has 94 valence electrons. The fourth-order valence-electron chi connectivity index (χ4n) is 2.04. The van der Waals surface area contributed by atoms with E-state index in [2.05, 4.69) is 20.6 Å². The highest BCUT2D eigenvalue weighted by atomic mass is 16.5. The lowest BCUT2D eigenvalue weighted by molar-refractivity contribution is 0.197. The Morgan fingerprint density at radius 2 is 2.29 bits per heavy atom. The van der Waals surface area contributed by atoms with Crippen LogP contribution in [0.3, 0.4) is 0 Å². The predicted octanol–water partition coefficient (Wildman–Crippen LogP) is 0.879. The Labute approximate surface area is 102 Å². The molecule has 2 rings (SSSR count). The van der Waals surface area contributed by atoms with Crippen molar-refractivity contribution in [3.05, 3.63) is 17.1 Å². The molecule has 0 saturated heterocycles. The maximum atomic E-state index is 5.03. The summed E-state index contributed by atoms with van der Waals surface area (Å²) in [5.74, 6) is 1.83. The standard InChI is InChI=1S/C12H20N4O/c1-9-15-11-4-6-13-8-10(11)12(16-9)14-5-3-7-17-2/h13H,3-8H2,1-2H3,(H,14,15,16). The van der Waals surface area contributed by atoms with Crippen molar-refractivity contribution in [3.8, 4) is 0 Å². The second-order valence-electron chi connectivity index (χ2n) is 4.24. The molecule has 0 aromatic carbocycles. The van der Waals surface area contributed by atoms with E-state index in [0.29, 0.717) is 0 Å². The second-order valence-corrected chi connectivity index (χ2v) is 4.24. The minimum absolute atomic E-state index is 0.775. The monoisotopic (exact) mass is 236 g/mol. The number of methoxy groups -OCH3 is 1. The molecular weight excluding hydrogens is 216 g/mol. The summed E-state index contributed by atoms with van der Waals surface area (Å²) in [6, 6.07) is 0. The van der Waals surface area contributed by atoms with Gasteiger partial charge >= 0.3 is 0 Å². The lowest BCUT2D eigenvalue weighted by Crippen LogP contribution is -2.27. The van der Waals surface area contributed by atoms with Crippen LogP contribution >= 0.6 is 0 Å². The molecule has 1 aliphatic rings. The fourth-order valence-corrected chi connectivity index (χ4v) is 2.04. The number of ether oxygens (including phenoxy) is 1. The highest BCUT2D eigenvalue weighted by Crippen LogP contribution is 2.19. The number of fused-ring (bicyclic) bond motifs is 1. The third-order valence-corrected chi connectivity index (χ3v) is 2.86. The van der Waals surface area contributed by atoms with Gasteiger partial charge in [0.1, 0.15) is 11.6 Å². The lowest BCUT2D eigenvalue weighted by atomic mass is 10.1. The number of rotatable bonds is 5. The first-order valence-electron chi connectivity index (χ1n) is 6.11. The molecule has 0 bridgehead atoms. The first-order valence-corrected chi connectivity index (χ1v) is 6.11. The van der Waals surface area contributed by atoms with Crippen molar-refractivity contribution in [2.45, 2.75) is 26.3 Å². The van der Waals surface area contributed by atoms with Crippen LogP contribution in [0.5, 0.6) is 0 Å². The molecule has 0 aliphatic carbocycles. The zero-order valence-electron chi connectivity index (χ0n) is 10.5. The maximum absolute atomic E-state index is 5.03.